The van der Waals surface area contributed by atoms with Crippen LogP contribution in [0.3, 0.4) is 0 Å². The minimum Gasteiger partial charge on any atom is -0.497 e. The molecule has 0 amide bonds. The molecule has 4 aromatic rings. The van der Waals surface area contributed by atoms with E-state index in [1.807, 2.05) is 72.8 Å². The molecule has 29 heavy (non-hydrogen) atoms. The molecule has 0 saturated heterocycles. The number of para-hydroxylation sites is 3. The van der Waals surface area contributed by atoms with Gasteiger partial charge in [0.1, 0.15) is 36.3 Å². The van der Waals surface area contributed by atoms with Crippen LogP contribution in [0.15, 0.2) is 72.8 Å². The predicted octanol–water partition coefficient (Wildman–Crippen LogP) is 5.36. The largest absolute Gasteiger partial charge is 0.497 e. The molecule has 5 nitrogen and oxygen atoms in total. The van der Waals surface area contributed by atoms with Crippen LogP contribution in [0.4, 0.5) is 0 Å². The third-order valence-electron chi connectivity index (χ3n) is 4.55. The molecule has 0 saturated carbocycles. The number of aromatic nitrogens is 2. The Labute approximate surface area is 174 Å². The predicted molar refractivity (Wildman–Crippen MR) is 114 cm³/mol. The van der Waals surface area contributed by atoms with E-state index >= 15 is 0 Å². The molecule has 0 N–H and O–H groups in total. The van der Waals surface area contributed by atoms with Crippen LogP contribution in [0.1, 0.15) is 5.82 Å². The number of benzene rings is 3. The van der Waals surface area contributed by atoms with Crippen molar-refractivity contribution in [2.24, 2.45) is 0 Å². The van der Waals surface area contributed by atoms with E-state index in [-0.39, 0.29) is 0 Å². The van der Waals surface area contributed by atoms with Crippen molar-refractivity contribution in [3.63, 3.8) is 0 Å². The highest BCUT2D eigenvalue weighted by atomic mass is 35.5. The summed E-state index contributed by atoms with van der Waals surface area (Å²) in [6, 6.07) is 23.0. The number of nitrogens with zero attached hydrogens (tertiary/aromatic N) is 2. The molecule has 1 heterocycles. The Hall–Kier alpha value is -3.18. The van der Waals surface area contributed by atoms with Gasteiger partial charge in [-0.05, 0) is 36.4 Å². The summed E-state index contributed by atoms with van der Waals surface area (Å²) in [5.41, 5.74) is 1.97. The minimum absolute atomic E-state index is 0.341. The van der Waals surface area contributed by atoms with Gasteiger partial charge in [0, 0.05) is 6.07 Å². The zero-order chi connectivity index (χ0) is 20.1. The van der Waals surface area contributed by atoms with E-state index in [1.165, 1.54) is 0 Å². The number of rotatable bonds is 8. The molecule has 0 radical (unpaired) electrons. The van der Waals surface area contributed by atoms with Crippen LogP contribution < -0.4 is 14.2 Å². The van der Waals surface area contributed by atoms with Gasteiger partial charge in [-0.2, -0.15) is 0 Å². The summed E-state index contributed by atoms with van der Waals surface area (Å²) in [7, 11) is 1.64. The maximum atomic E-state index is 6.18. The molecular weight excluding hydrogens is 388 g/mol. The number of halogens is 1. The fourth-order valence-corrected chi connectivity index (χ4v) is 3.32. The van der Waals surface area contributed by atoms with E-state index in [4.69, 9.17) is 30.8 Å². The molecular formula is C23H21ClN2O3. The van der Waals surface area contributed by atoms with E-state index in [0.717, 1.165) is 28.4 Å². The van der Waals surface area contributed by atoms with E-state index in [2.05, 4.69) is 4.57 Å². The number of fused-ring (bicyclic) bond motifs is 1. The SMILES string of the molecule is COc1cccc(OCc2nc3ccccc3n2CCOc2ccccc2Cl)c1. The molecule has 0 aliphatic heterocycles. The fourth-order valence-electron chi connectivity index (χ4n) is 3.13. The molecule has 4 rings (SSSR count). The standard InChI is InChI=1S/C23H21ClN2O3/c1-27-17-7-6-8-18(15-17)29-16-23-25-20-10-3-4-11-21(20)26(23)13-14-28-22-12-5-2-9-19(22)24/h2-12,15H,13-14,16H2,1H3. The second-order valence-corrected chi connectivity index (χ2v) is 6.82. The average molecular weight is 409 g/mol. The first kappa shape index (κ1) is 19.2. The van der Waals surface area contributed by atoms with Gasteiger partial charge in [-0.1, -0.05) is 41.9 Å². The van der Waals surface area contributed by atoms with Crippen molar-refractivity contribution in [2.75, 3.05) is 13.7 Å². The first-order chi connectivity index (χ1) is 14.2. The first-order valence-electron chi connectivity index (χ1n) is 9.33. The zero-order valence-electron chi connectivity index (χ0n) is 16.0. The van der Waals surface area contributed by atoms with Gasteiger partial charge < -0.3 is 18.8 Å². The van der Waals surface area contributed by atoms with Gasteiger partial charge in [0.05, 0.1) is 29.7 Å². The summed E-state index contributed by atoms with van der Waals surface area (Å²) >= 11 is 6.18. The Morgan fingerprint density at radius 2 is 1.69 bits per heavy atom. The van der Waals surface area contributed by atoms with Gasteiger partial charge in [0.25, 0.3) is 0 Å². The smallest absolute Gasteiger partial charge is 0.148 e. The number of imidazole rings is 1. The highest BCUT2D eigenvalue weighted by molar-refractivity contribution is 6.32. The van der Waals surface area contributed by atoms with Gasteiger partial charge in [-0.3, -0.25) is 0 Å². The van der Waals surface area contributed by atoms with Gasteiger partial charge >= 0.3 is 0 Å². The number of ether oxygens (including phenoxy) is 3. The third-order valence-corrected chi connectivity index (χ3v) is 4.86. The normalized spacial score (nSPS) is 10.8. The average Bonchev–Trinajstić information content (AvgIpc) is 3.11. The maximum Gasteiger partial charge on any atom is 0.148 e. The zero-order valence-corrected chi connectivity index (χ0v) is 16.8. The van der Waals surface area contributed by atoms with Gasteiger partial charge in [0.2, 0.25) is 0 Å². The van der Waals surface area contributed by atoms with E-state index in [9.17, 15) is 0 Å². The number of hydrogen-bond donors (Lipinski definition) is 0. The van der Waals surface area contributed by atoms with Gasteiger partial charge in [0.15, 0.2) is 0 Å². The van der Waals surface area contributed by atoms with Crippen molar-refractivity contribution in [1.29, 1.82) is 0 Å². The van der Waals surface area contributed by atoms with Crippen molar-refractivity contribution >= 4 is 22.6 Å². The van der Waals surface area contributed by atoms with Crippen LogP contribution >= 0.6 is 11.6 Å². The van der Waals surface area contributed by atoms with Crippen LogP contribution in [0.5, 0.6) is 17.2 Å². The summed E-state index contributed by atoms with van der Waals surface area (Å²) in [6.07, 6.45) is 0. The van der Waals surface area contributed by atoms with Gasteiger partial charge in [-0.25, -0.2) is 4.98 Å². The molecule has 1 aromatic heterocycles. The van der Waals surface area contributed by atoms with Crippen molar-refractivity contribution < 1.29 is 14.2 Å². The minimum atomic E-state index is 0.341. The fraction of sp³-hybridized carbons (Fsp3) is 0.174. The molecule has 0 aliphatic carbocycles. The monoisotopic (exact) mass is 408 g/mol. The highest BCUT2D eigenvalue weighted by Gasteiger charge is 2.12. The molecule has 148 valence electrons. The van der Waals surface area contributed by atoms with Crippen molar-refractivity contribution in [3.8, 4) is 17.2 Å². The Morgan fingerprint density at radius 3 is 2.55 bits per heavy atom. The van der Waals surface area contributed by atoms with E-state index in [0.29, 0.717) is 30.5 Å². The Morgan fingerprint density at radius 1 is 0.897 bits per heavy atom. The van der Waals surface area contributed by atoms with Crippen LogP contribution in [0, 0.1) is 0 Å². The molecule has 0 fully saturated rings. The molecule has 0 aliphatic rings. The number of methoxy groups -OCH3 is 1. The summed E-state index contributed by atoms with van der Waals surface area (Å²) in [4.78, 5) is 4.74. The van der Waals surface area contributed by atoms with E-state index < -0.39 is 0 Å². The second-order valence-electron chi connectivity index (χ2n) is 6.41. The highest BCUT2D eigenvalue weighted by Crippen LogP contribution is 2.24. The molecule has 0 spiro atoms. The lowest BCUT2D eigenvalue weighted by Gasteiger charge is -2.12. The lowest BCUT2D eigenvalue weighted by molar-refractivity contribution is 0.271. The van der Waals surface area contributed by atoms with Crippen LogP contribution in [0.2, 0.25) is 5.02 Å². The summed E-state index contributed by atoms with van der Waals surface area (Å²) in [5, 5.41) is 0.601. The Balaban J connectivity index is 1.51. The quantitative estimate of drug-likeness (QED) is 0.394. The Kier molecular flexibility index (Phi) is 5.86. The molecule has 0 bridgehead atoms. The van der Waals surface area contributed by atoms with Crippen LogP contribution in [-0.2, 0) is 13.2 Å². The molecule has 3 aromatic carbocycles. The first-order valence-corrected chi connectivity index (χ1v) is 9.71. The lowest BCUT2D eigenvalue weighted by Crippen LogP contribution is -2.13. The molecule has 0 atom stereocenters. The third kappa shape index (κ3) is 4.46. The van der Waals surface area contributed by atoms with Crippen molar-refractivity contribution in [3.05, 3.63) is 83.6 Å². The van der Waals surface area contributed by atoms with Gasteiger partial charge in [-0.15, -0.1) is 0 Å². The van der Waals surface area contributed by atoms with Crippen LogP contribution in [-0.4, -0.2) is 23.3 Å². The van der Waals surface area contributed by atoms with Crippen LogP contribution in [0.25, 0.3) is 11.0 Å². The second kappa shape index (κ2) is 8.88. The summed E-state index contributed by atoms with van der Waals surface area (Å²) < 4.78 is 19.2. The summed E-state index contributed by atoms with van der Waals surface area (Å²) in [6.45, 7) is 1.44. The van der Waals surface area contributed by atoms with E-state index in [1.54, 1.807) is 7.11 Å². The van der Waals surface area contributed by atoms with Crippen molar-refractivity contribution in [2.45, 2.75) is 13.2 Å². The lowest BCUT2D eigenvalue weighted by atomic mass is 10.3. The maximum absolute atomic E-state index is 6.18. The topological polar surface area (TPSA) is 45.5 Å². The summed E-state index contributed by atoms with van der Waals surface area (Å²) in [5.74, 6) is 2.99. The molecule has 0 unspecified atom stereocenters. The van der Waals surface area contributed by atoms with Crippen molar-refractivity contribution in [1.82, 2.24) is 9.55 Å². The molecule has 6 heteroatoms. The Bertz CT molecular complexity index is 1110. The number of hydrogen-bond acceptors (Lipinski definition) is 4.